The highest BCUT2D eigenvalue weighted by atomic mass is 35.5. The molecule has 0 amide bonds. The third-order valence-corrected chi connectivity index (χ3v) is 3.50. The summed E-state index contributed by atoms with van der Waals surface area (Å²) in [6.45, 7) is 1.38. The summed E-state index contributed by atoms with van der Waals surface area (Å²) in [6, 6.07) is 14.0. The van der Waals surface area contributed by atoms with E-state index >= 15 is 0 Å². The van der Waals surface area contributed by atoms with Crippen LogP contribution in [0.5, 0.6) is 5.75 Å². The first-order valence-corrected chi connectivity index (χ1v) is 7.26. The van der Waals surface area contributed by atoms with Crippen LogP contribution in [0.1, 0.15) is 12.8 Å². The molecule has 0 aliphatic carbocycles. The molecule has 2 rings (SSSR count). The van der Waals surface area contributed by atoms with Crippen LogP contribution in [0, 0.1) is 6.07 Å². The van der Waals surface area contributed by atoms with E-state index in [4.69, 9.17) is 33.7 Å². The number of halogens is 2. The maximum atomic E-state index is 6.16. The van der Waals surface area contributed by atoms with Gasteiger partial charge in [-0.3, -0.25) is 0 Å². The number of hydrogen-bond acceptors (Lipinski definition) is 2. The molecule has 2 aromatic rings. The van der Waals surface area contributed by atoms with Crippen molar-refractivity contribution in [3.05, 3.63) is 52.5 Å². The summed E-state index contributed by atoms with van der Waals surface area (Å²) in [6.07, 6.45) is 1.94. The highest BCUT2D eigenvalue weighted by molar-refractivity contribution is 6.39. The second-order valence-corrected chi connectivity index (χ2v) is 5.21. The minimum atomic E-state index is 0.592. The summed E-state index contributed by atoms with van der Waals surface area (Å²) in [5.41, 5.74) is 7.22. The van der Waals surface area contributed by atoms with Crippen molar-refractivity contribution in [1.29, 1.82) is 0 Å². The Hall–Kier alpha value is -1.22. The second kappa shape index (κ2) is 7.53. The number of benzene rings is 2. The Morgan fingerprint density at radius 1 is 1.00 bits per heavy atom. The Morgan fingerprint density at radius 3 is 2.25 bits per heavy atom. The Kier molecular flexibility index (Phi) is 5.72. The molecular formula is C16H16Cl2NO. The maximum Gasteiger partial charge on any atom is 0.119 e. The van der Waals surface area contributed by atoms with E-state index in [1.54, 1.807) is 12.1 Å². The van der Waals surface area contributed by atoms with E-state index in [-0.39, 0.29) is 0 Å². The van der Waals surface area contributed by atoms with Gasteiger partial charge in [-0.15, -0.1) is 0 Å². The predicted octanol–water partition coefficient (Wildman–Crippen LogP) is 4.58. The fourth-order valence-electron chi connectivity index (χ4n) is 1.88. The second-order valence-electron chi connectivity index (χ2n) is 4.39. The lowest BCUT2D eigenvalue weighted by Gasteiger charge is -2.09. The molecule has 105 valence electrons. The molecule has 0 saturated carbocycles. The van der Waals surface area contributed by atoms with Crippen molar-refractivity contribution in [3.8, 4) is 16.9 Å². The van der Waals surface area contributed by atoms with Crippen LogP contribution in [0.3, 0.4) is 0 Å². The van der Waals surface area contributed by atoms with Crippen molar-refractivity contribution < 1.29 is 4.74 Å². The monoisotopic (exact) mass is 308 g/mol. The number of rotatable bonds is 6. The van der Waals surface area contributed by atoms with Gasteiger partial charge < -0.3 is 10.5 Å². The first-order valence-electron chi connectivity index (χ1n) is 6.51. The fraction of sp³-hybridized carbons (Fsp3) is 0.250. The van der Waals surface area contributed by atoms with Crippen molar-refractivity contribution >= 4 is 23.2 Å². The zero-order valence-corrected chi connectivity index (χ0v) is 12.5. The lowest BCUT2D eigenvalue weighted by Crippen LogP contribution is -2.03. The van der Waals surface area contributed by atoms with Gasteiger partial charge in [0, 0.05) is 5.56 Å². The molecular weight excluding hydrogens is 293 g/mol. The van der Waals surface area contributed by atoms with Crippen LogP contribution >= 0.6 is 23.2 Å². The minimum Gasteiger partial charge on any atom is -0.494 e. The SMILES string of the molecule is NCCCCOc1ccc(-c2c(Cl)c[c]cc2Cl)cc1. The van der Waals surface area contributed by atoms with E-state index in [2.05, 4.69) is 6.07 Å². The van der Waals surface area contributed by atoms with E-state index < -0.39 is 0 Å². The number of nitrogens with two attached hydrogens (primary N) is 1. The maximum absolute atomic E-state index is 6.16. The van der Waals surface area contributed by atoms with Gasteiger partial charge in [0.1, 0.15) is 5.75 Å². The molecule has 1 radical (unpaired) electrons. The van der Waals surface area contributed by atoms with Gasteiger partial charge in [-0.05, 0) is 55.3 Å². The third-order valence-electron chi connectivity index (χ3n) is 2.91. The van der Waals surface area contributed by atoms with Gasteiger partial charge in [-0.1, -0.05) is 35.3 Å². The van der Waals surface area contributed by atoms with Crippen molar-refractivity contribution in [3.63, 3.8) is 0 Å². The smallest absolute Gasteiger partial charge is 0.119 e. The van der Waals surface area contributed by atoms with Crippen molar-refractivity contribution in [2.24, 2.45) is 5.73 Å². The summed E-state index contributed by atoms with van der Waals surface area (Å²) in [4.78, 5) is 0. The van der Waals surface area contributed by atoms with Crippen LogP contribution in [0.2, 0.25) is 10.0 Å². The van der Waals surface area contributed by atoms with Crippen LogP contribution in [-0.2, 0) is 0 Å². The number of unbranched alkanes of at least 4 members (excludes halogenated alkanes) is 1. The van der Waals surface area contributed by atoms with Crippen LogP contribution in [0.4, 0.5) is 0 Å². The van der Waals surface area contributed by atoms with Crippen LogP contribution in [0.15, 0.2) is 36.4 Å². The first kappa shape index (κ1) is 15.2. The largest absolute Gasteiger partial charge is 0.494 e. The molecule has 20 heavy (non-hydrogen) atoms. The average Bonchev–Trinajstić information content (AvgIpc) is 2.45. The van der Waals surface area contributed by atoms with Gasteiger partial charge in [0.25, 0.3) is 0 Å². The summed E-state index contributed by atoms with van der Waals surface area (Å²) in [5.74, 6) is 0.834. The number of hydrogen-bond donors (Lipinski definition) is 1. The molecule has 0 unspecified atom stereocenters. The van der Waals surface area contributed by atoms with E-state index in [0.717, 1.165) is 29.7 Å². The molecule has 0 fully saturated rings. The highest BCUT2D eigenvalue weighted by Gasteiger charge is 2.08. The molecule has 0 heterocycles. The van der Waals surface area contributed by atoms with Gasteiger partial charge >= 0.3 is 0 Å². The van der Waals surface area contributed by atoms with Crippen molar-refractivity contribution in [1.82, 2.24) is 0 Å². The Labute approximate surface area is 129 Å². The molecule has 2 aromatic carbocycles. The average molecular weight is 309 g/mol. The quantitative estimate of drug-likeness (QED) is 0.793. The van der Waals surface area contributed by atoms with Gasteiger partial charge in [-0.2, -0.15) is 0 Å². The zero-order valence-electron chi connectivity index (χ0n) is 11.0. The molecule has 0 aliphatic heterocycles. The fourth-order valence-corrected chi connectivity index (χ4v) is 2.47. The van der Waals surface area contributed by atoms with Gasteiger partial charge in [-0.25, -0.2) is 0 Å². The molecule has 0 saturated heterocycles. The third kappa shape index (κ3) is 3.89. The molecule has 0 bridgehead atoms. The zero-order chi connectivity index (χ0) is 14.4. The topological polar surface area (TPSA) is 35.2 Å². The Balaban J connectivity index is 2.08. The molecule has 0 atom stereocenters. The normalized spacial score (nSPS) is 10.6. The van der Waals surface area contributed by atoms with Crippen LogP contribution in [0.25, 0.3) is 11.1 Å². The van der Waals surface area contributed by atoms with Crippen LogP contribution < -0.4 is 10.5 Å². The van der Waals surface area contributed by atoms with E-state index in [1.165, 1.54) is 0 Å². The van der Waals surface area contributed by atoms with Crippen molar-refractivity contribution in [2.75, 3.05) is 13.2 Å². The lowest BCUT2D eigenvalue weighted by atomic mass is 10.1. The summed E-state index contributed by atoms with van der Waals surface area (Å²) >= 11 is 12.3. The Morgan fingerprint density at radius 2 is 1.65 bits per heavy atom. The summed E-state index contributed by atoms with van der Waals surface area (Å²) in [5, 5.41) is 1.18. The van der Waals surface area contributed by atoms with Gasteiger partial charge in [0.2, 0.25) is 0 Å². The Bertz CT molecular complexity index is 535. The predicted molar refractivity (Wildman–Crippen MR) is 84.5 cm³/mol. The molecule has 2 N–H and O–H groups in total. The minimum absolute atomic E-state index is 0.592. The molecule has 4 heteroatoms. The van der Waals surface area contributed by atoms with Gasteiger partial charge in [0.15, 0.2) is 0 Å². The standard InChI is InChI=1S/C16H16Cl2NO/c17-14-4-3-5-15(18)16(14)12-6-8-13(9-7-12)20-11-2-1-10-19/h4-9H,1-2,10-11,19H2. The van der Waals surface area contributed by atoms with E-state index in [9.17, 15) is 0 Å². The summed E-state index contributed by atoms with van der Waals surface area (Å²) < 4.78 is 5.63. The molecule has 0 aliphatic rings. The lowest BCUT2D eigenvalue weighted by molar-refractivity contribution is 0.308. The van der Waals surface area contributed by atoms with Crippen molar-refractivity contribution in [2.45, 2.75) is 12.8 Å². The molecule has 2 nitrogen and oxygen atoms in total. The summed E-state index contributed by atoms with van der Waals surface area (Å²) in [7, 11) is 0. The van der Waals surface area contributed by atoms with Crippen LogP contribution in [-0.4, -0.2) is 13.2 Å². The highest BCUT2D eigenvalue weighted by Crippen LogP contribution is 2.34. The van der Waals surface area contributed by atoms with Gasteiger partial charge in [0.05, 0.1) is 16.7 Å². The number of ether oxygens (including phenoxy) is 1. The van der Waals surface area contributed by atoms with E-state index in [1.807, 2.05) is 24.3 Å². The first-order chi connectivity index (χ1) is 9.72. The molecule has 0 aromatic heterocycles. The van der Waals surface area contributed by atoms with E-state index in [0.29, 0.717) is 23.2 Å². The molecule has 0 spiro atoms.